The molecule has 0 saturated heterocycles. The summed E-state index contributed by atoms with van der Waals surface area (Å²) < 4.78 is 15.8. The smallest absolute Gasteiger partial charge is 0.263 e. The van der Waals surface area contributed by atoms with Crippen LogP contribution in [-0.4, -0.2) is 32.5 Å². The van der Waals surface area contributed by atoms with E-state index in [1.165, 1.54) is 33.6 Å². The SMILES string of the molecule is COc1cc(CN=Cc2cc(Cl)cc([N+](=O)[O-])c2[O-])cc(OC)c1OC. The van der Waals surface area contributed by atoms with Gasteiger partial charge in [-0.2, -0.15) is 0 Å². The van der Waals surface area contributed by atoms with Gasteiger partial charge in [-0.3, -0.25) is 15.1 Å². The number of ether oxygens (including phenoxy) is 3. The fourth-order valence-corrected chi connectivity index (χ4v) is 2.53. The Morgan fingerprint density at radius 1 is 1.12 bits per heavy atom. The van der Waals surface area contributed by atoms with Gasteiger partial charge >= 0.3 is 0 Å². The molecule has 9 heteroatoms. The number of nitro benzene ring substituents is 1. The van der Waals surface area contributed by atoms with Gasteiger partial charge in [0.05, 0.1) is 32.8 Å². The molecule has 8 nitrogen and oxygen atoms in total. The van der Waals surface area contributed by atoms with Crippen molar-refractivity contribution in [2.75, 3.05) is 21.3 Å². The van der Waals surface area contributed by atoms with Crippen molar-refractivity contribution >= 4 is 23.5 Å². The third-order valence-electron chi connectivity index (χ3n) is 3.49. The summed E-state index contributed by atoms with van der Waals surface area (Å²) in [6, 6.07) is 5.78. The third-order valence-corrected chi connectivity index (χ3v) is 3.71. The van der Waals surface area contributed by atoms with Crippen LogP contribution in [0.25, 0.3) is 0 Å². The molecule has 0 fully saturated rings. The van der Waals surface area contributed by atoms with Crippen LogP contribution in [-0.2, 0) is 6.54 Å². The molecule has 0 atom stereocenters. The van der Waals surface area contributed by atoms with Gasteiger partial charge < -0.3 is 19.3 Å². The second-order valence-corrected chi connectivity index (χ2v) is 5.54. The Labute approximate surface area is 154 Å². The molecule has 0 N–H and O–H groups in total. The summed E-state index contributed by atoms with van der Waals surface area (Å²) in [5.41, 5.74) is 0.183. The van der Waals surface area contributed by atoms with Gasteiger partial charge in [-0.05, 0) is 35.1 Å². The van der Waals surface area contributed by atoms with Crippen LogP contribution < -0.4 is 19.3 Å². The quantitative estimate of drug-likeness (QED) is 0.416. The van der Waals surface area contributed by atoms with Crippen LogP contribution in [0, 0.1) is 10.1 Å². The van der Waals surface area contributed by atoms with Gasteiger partial charge in [-0.1, -0.05) is 11.6 Å². The molecule has 26 heavy (non-hydrogen) atoms. The summed E-state index contributed by atoms with van der Waals surface area (Å²) in [4.78, 5) is 14.3. The van der Waals surface area contributed by atoms with E-state index in [1.54, 1.807) is 12.1 Å². The van der Waals surface area contributed by atoms with E-state index in [0.29, 0.717) is 17.2 Å². The molecular weight excluding hydrogens is 364 g/mol. The Morgan fingerprint density at radius 3 is 2.23 bits per heavy atom. The van der Waals surface area contributed by atoms with Crippen molar-refractivity contribution in [3.8, 4) is 23.0 Å². The fourth-order valence-electron chi connectivity index (χ4n) is 2.31. The van der Waals surface area contributed by atoms with Crippen molar-refractivity contribution in [2.45, 2.75) is 6.54 Å². The van der Waals surface area contributed by atoms with Crippen molar-refractivity contribution in [1.29, 1.82) is 0 Å². The van der Waals surface area contributed by atoms with E-state index in [4.69, 9.17) is 25.8 Å². The molecule has 0 radical (unpaired) electrons. The standard InChI is InChI=1S/C17H17ClN2O6/c1-24-14-4-10(5-15(25-2)17(14)26-3)8-19-9-11-6-12(18)7-13(16(11)21)20(22)23/h4-7,9,21H,8H2,1-3H3/p-1. The first-order valence-electron chi connectivity index (χ1n) is 7.35. The van der Waals surface area contributed by atoms with Crippen LogP contribution in [0.15, 0.2) is 29.3 Å². The van der Waals surface area contributed by atoms with Gasteiger partial charge in [0, 0.05) is 17.3 Å². The van der Waals surface area contributed by atoms with E-state index < -0.39 is 16.4 Å². The van der Waals surface area contributed by atoms with E-state index in [9.17, 15) is 15.2 Å². The number of nitro groups is 1. The number of rotatable bonds is 7. The second-order valence-electron chi connectivity index (χ2n) is 5.10. The van der Waals surface area contributed by atoms with Crippen molar-refractivity contribution in [1.82, 2.24) is 0 Å². The van der Waals surface area contributed by atoms with Gasteiger partial charge in [0.1, 0.15) is 0 Å². The summed E-state index contributed by atoms with van der Waals surface area (Å²) in [7, 11) is 4.50. The summed E-state index contributed by atoms with van der Waals surface area (Å²) in [5.74, 6) is 0.656. The topological polar surface area (TPSA) is 106 Å². The third kappa shape index (κ3) is 4.15. The highest BCUT2D eigenvalue weighted by atomic mass is 35.5. The average molecular weight is 380 g/mol. The number of benzene rings is 2. The van der Waals surface area contributed by atoms with E-state index in [1.807, 2.05) is 0 Å². The molecule has 2 aromatic carbocycles. The molecule has 2 rings (SSSR count). The molecule has 0 aliphatic heterocycles. The zero-order chi connectivity index (χ0) is 19.3. The predicted molar refractivity (Wildman–Crippen MR) is 94.9 cm³/mol. The molecule has 0 aromatic heterocycles. The zero-order valence-corrected chi connectivity index (χ0v) is 15.1. The lowest BCUT2D eigenvalue weighted by atomic mass is 10.1. The van der Waals surface area contributed by atoms with Crippen LogP contribution in [0.4, 0.5) is 5.69 Å². The molecule has 0 spiro atoms. The van der Waals surface area contributed by atoms with Crippen LogP contribution in [0.2, 0.25) is 5.02 Å². The lowest BCUT2D eigenvalue weighted by Crippen LogP contribution is -2.02. The molecule has 0 heterocycles. The number of aliphatic imine (C=N–C) groups is 1. The van der Waals surface area contributed by atoms with E-state index in [2.05, 4.69) is 4.99 Å². The van der Waals surface area contributed by atoms with E-state index >= 15 is 0 Å². The molecule has 0 bridgehead atoms. The number of halogens is 1. The fraction of sp³-hybridized carbons (Fsp3) is 0.235. The number of hydrogen-bond acceptors (Lipinski definition) is 7. The van der Waals surface area contributed by atoms with E-state index in [0.717, 1.165) is 11.6 Å². The Morgan fingerprint density at radius 2 is 1.73 bits per heavy atom. The highest BCUT2D eigenvalue weighted by Gasteiger charge is 2.13. The molecule has 0 saturated carbocycles. The minimum Gasteiger partial charge on any atom is -0.867 e. The molecule has 0 aliphatic carbocycles. The van der Waals surface area contributed by atoms with Gasteiger partial charge in [-0.15, -0.1) is 0 Å². The number of nitrogens with zero attached hydrogens (tertiary/aromatic N) is 2. The average Bonchev–Trinajstić information content (AvgIpc) is 2.62. The molecule has 138 valence electrons. The Kier molecular flexibility index (Phi) is 6.24. The monoisotopic (exact) mass is 379 g/mol. The minimum atomic E-state index is -0.773. The first-order valence-corrected chi connectivity index (χ1v) is 7.72. The first-order chi connectivity index (χ1) is 12.4. The van der Waals surface area contributed by atoms with Crippen molar-refractivity contribution in [3.63, 3.8) is 0 Å². The van der Waals surface area contributed by atoms with Gasteiger partial charge in [-0.25, -0.2) is 0 Å². The molecule has 0 aliphatic rings. The lowest BCUT2D eigenvalue weighted by Gasteiger charge is -2.13. The van der Waals surface area contributed by atoms with E-state index in [-0.39, 0.29) is 17.1 Å². The van der Waals surface area contributed by atoms with Crippen molar-refractivity contribution in [2.24, 2.45) is 4.99 Å². The summed E-state index contributed by atoms with van der Waals surface area (Å²) in [5, 5.41) is 23.0. The maximum atomic E-state index is 12.0. The summed E-state index contributed by atoms with van der Waals surface area (Å²) >= 11 is 5.82. The van der Waals surface area contributed by atoms with Crippen LogP contribution in [0.5, 0.6) is 23.0 Å². The van der Waals surface area contributed by atoms with Crippen molar-refractivity contribution in [3.05, 3.63) is 50.5 Å². The largest absolute Gasteiger partial charge is 0.867 e. The lowest BCUT2D eigenvalue weighted by molar-refractivity contribution is -0.398. The van der Waals surface area contributed by atoms with Gasteiger partial charge in [0.15, 0.2) is 11.5 Å². The number of hydrogen-bond donors (Lipinski definition) is 0. The van der Waals surface area contributed by atoms with Crippen LogP contribution >= 0.6 is 11.6 Å². The molecular formula is C17H16ClN2O6-. The predicted octanol–water partition coefficient (Wildman–Crippen LogP) is 2.97. The highest BCUT2D eigenvalue weighted by molar-refractivity contribution is 6.31. The van der Waals surface area contributed by atoms with Gasteiger partial charge in [0.2, 0.25) is 5.75 Å². The Bertz CT molecular complexity index is 828. The Balaban J connectivity index is 2.30. The summed E-state index contributed by atoms with van der Waals surface area (Å²) in [6.45, 7) is 0.191. The van der Waals surface area contributed by atoms with Crippen molar-refractivity contribution < 1.29 is 24.2 Å². The molecule has 0 unspecified atom stereocenters. The molecule has 0 amide bonds. The maximum Gasteiger partial charge on any atom is 0.263 e. The Hall–Kier alpha value is -3.00. The number of methoxy groups -OCH3 is 3. The highest BCUT2D eigenvalue weighted by Crippen LogP contribution is 2.38. The summed E-state index contributed by atoms with van der Waals surface area (Å²) in [6.07, 6.45) is 1.25. The maximum absolute atomic E-state index is 12.0. The van der Waals surface area contributed by atoms with Crippen LogP contribution in [0.3, 0.4) is 0 Å². The second kappa shape index (κ2) is 8.39. The zero-order valence-electron chi connectivity index (χ0n) is 14.3. The molecule has 2 aromatic rings. The normalized spacial score (nSPS) is 10.8. The minimum absolute atomic E-state index is 0.0386. The van der Waals surface area contributed by atoms with Gasteiger partial charge in [0.25, 0.3) is 5.69 Å². The first kappa shape index (κ1) is 19.3. The van der Waals surface area contributed by atoms with Crippen LogP contribution in [0.1, 0.15) is 11.1 Å².